The highest BCUT2D eigenvalue weighted by molar-refractivity contribution is 5.66. The molecule has 0 aliphatic carbocycles. The van der Waals surface area contributed by atoms with Crippen LogP contribution in [0, 0.1) is 0 Å². The molecule has 2 nitrogen and oxygen atoms in total. The molecule has 0 atom stereocenters. The average molecular weight is 292 g/mol. The Kier molecular flexibility index (Phi) is 11.7. The van der Waals surface area contributed by atoms with E-state index >= 15 is 0 Å². The first kappa shape index (κ1) is 19.7. The van der Waals surface area contributed by atoms with Crippen molar-refractivity contribution in [1.29, 1.82) is 0 Å². The highest BCUT2D eigenvalue weighted by Gasteiger charge is 1.96. The quantitative estimate of drug-likeness (QED) is 0.378. The summed E-state index contributed by atoms with van der Waals surface area (Å²) < 4.78 is 4.95. The Hall–Kier alpha value is -1.31. The van der Waals surface area contributed by atoms with Gasteiger partial charge in [0, 0.05) is 6.92 Å². The van der Waals surface area contributed by atoms with Gasteiger partial charge in [-0.25, -0.2) is 0 Å². The minimum absolute atomic E-state index is 0.215. The van der Waals surface area contributed by atoms with Gasteiger partial charge in [0.2, 0.25) is 0 Å². The summed E-state index contributed by atoms with van der Waals surface area (Å²) in [4.78, 5) is 10.7. The Morgan fingerprint density at radius 1 is 0.857 bits per heavy atom. The van der Waals surface area contributed by atoms with Gasteiger partial charge < -0.3 is 4.74 Å². The van der Waals surface area contributed by atoms with E-state index in [0.717, 1.165) is 38.5 Å². The van der Waals surface area contributed by atoms with E-state index in [2.05, 4.69) is 39.8 Å². The van der Waals surface area contributed by atoms with Gasteiger partial charge in [0.15, 0.2) is 0 Å². The topological polar surface area (TPSA) is 26.3 Å². The van der Waals surface area contributed by atoms with Crippen molar-refractivity contribution in [3.8, 4) is 0 Å². The molecule has 0 unspecified atom stereocenters. The van der Waals surface area contributed by atoms with Crippen LogP contribution in [0.4, 0.5) is 0 Å². The fraction of sp³-hybridized carbons (Fsp3) is 0.632. The monoisotopic (exact) mass is 292 g/mol. The molecule has 120 valence electrons. The molecular formula is C19H32O2. The number of rotatable bonds is 10. The largest absolute Gasteiger partial charge is 0.462 e. The predicted molar refractivity (Wildman–Crippen MR) is 91.3 cm³/mol. The summed E-state index contributed by atoms with van der Waals surface area (Å²) in [6, 6.07) is 0. The van der Waals surface area contributed by atoms with Crippen LogP contribution in [0.1, 0.15) is 73.1 Å². The third-order valence-electron chi connectivity index (χ3n) is 3.66. The molecule has 0 saturated carbocycles. The van der Waals surface area contributed by atoms with Gasteiger partial charge in [0.1, 0.15) is 6.61 Å². The number of allylic oxidation sites excluding steroid dienone is 5. The van der Waals surface area contributed by atoms with Crippen molar-refractivity contribution in [2.24, 2.45) is 0 Å². The fourth-order valence-electron chi connectivity index (χ4n) is 2.00. The van der Waals surface area contributed by atoms with Crippen molar-refractivity contribution < 1.29 is 9.53 Å². The maximum Gasteiger partial charge on any atom is 0.302 e. The summed E-state index contributed by atoms with van der Waals surface area (Å²) in [6.45, 7) is 10.6. The van der Waals surface area contributed by atoms with Gasteiger partial charge in [-0.1, -0.05) is 42.7 Å². The number of hydrogen-bond donors (Lipinski definition) is 0. The van der Waals surface area contributed by atoms with Crippen molar-refractivity contribution in [2.75, 3.05) is 6.61 Å². The first-order chi connectivity index (χ1) is 9.99. The molecule has 0 radical (unpaired) electrons. The van der Waals surface area contributed by atoms with E-state index in [9.17, 15) is 4.79 Å². The molecule has 0 aromatic heterocycles. The average Bonchev–Trinajstić information content (AvgIpc) is 2.45. The van der Waals surface area contributed by atoms with Gasteiger partial charge in [0.25, 0.3) is 0 Å². The first-order valence-corrected chi connectivity index (χ1v) is 8.12. The lowest BCUT2D eigenvalue weighted by Crippen LogP contribution is -1.98. The Labute approximate surface area is 131 Å². The Balaban J connectivity index is 4.06. The Morgan fingerprint density at radius 2 is 1.48 bits per heavy atom. The van der Waals surface area contributed by atoms with Crippen LogP contribution in [0.2, 0.25) is 0 Å². The molecule has 0 aliphatic heterocycles. The number of carbonyl (C=O) groups is 1. The van der Waals surface area contributed by atoms with Gasteiger partial charge in [-0.05, 0) is 58.4 Å². The molecule has 21 heavy (non-hydrogen) atoms. The van der Waals surface area contributed by atoms with Crippen LogP contribution < -0.4 is 0 Å². The summed E-state index contributed by atoms with van der Waals surface area (Å²) >= 11 is 0. The molecule has 0 bridgehead atoms. The van der Waals surface area contributed by atoms with E-state index in [1.165, 1.54) is 23.6 Å². The van der Waals surface area contributed by atoms with Crippen LogP contribution in [0.3, 0.4) is 0 Å². The third kappa shape index (κ3) is 12.2. The summed E-state index contributed by atoms with van der Waals surface area (Å²) in [6.07, 6.45) is 13.3. The lowest BCUT2D eigenvalue weighted by Gasteiger charge is -2.04. The number of carbonyl (C=O) groups excluding carboxylic acids is 1. The van der Waals surface area contributed by atoms with Crippen molar-refractivity contribution in [3.05, 3.63) is 34.9 Å². The second-order valence-corrected chi connectivity index (χ2v) is 5.55. The smallest absolute Gasteiger partial charge is 0.302 e. The third-order valence-corrected chi connectivity index (χ3v) is 3.66. The molecule has 2 heteroatoms. The number of hydrogen-bond acceptors (Lipinski definition) is 2. The van der Waals surface area contributed by atoms with Crippen molar-refractivity contribution >= 4 is 5.97 Å². The maximum atomic E-state index is 10.7. The highest BCUT2D eigenvalue weighted by Crippen LogP contribution is 2.14. The van der Waals surface area contributed by atoms with Crippen molar-refractivity contribution in [2.45, 2.75) is 73.1 Å². The van der Waals surface area contributed by atoms with Crippen LogP contribution >= 0.6 is 0 Å². The molecule has 0 aliphatic rings. The van der Waals surface area contributed by atoms with Crippen LogP contribution in [-0.4, -0.2) is 12.6 Å². The standard InChI is InChI=1S/C19H32O2/c1-6-16(3)10-8-11-17(4)12-9-13-19(7-2)14-15-21-18(5)20/h10,12,14H,6-9,11,13,15H2,1-5H3. The maximum absolute atomic E-state index is 10.7. The van der Waals surface area contributed by atoms with Gasteiger partial charge in [-0.2, -0.15) is 0 Å². The van der Waals surface area contributed by atoms with Crippen LogP contribution in [0.25, 0.3) is 0 Å². The summed E-state index contributed by atoms with van der Waals surface area (Å²) in [5, 5.41) is 0. The predicted octanol–water partition coefficient (Wildman–Crippen LogP) is 5.75. The minimum Gasteiger partial charge on any atom is -0.462 e. The highest BCUT2D eigenvalue weighted by atomic mass is 16.5. The number of ether oxygens (including phenoxy) is 1. The zero-order chi connectivity index (χ0) is 16.1. The van der Waals surface area contributed by atoms with Gasteiger partial charge in [-0.3, -0.25) is 4.79 Å². The lowest BCUT2D eigenvalue weighted by molar-refractivity contribution is -0.139. The van der Waals surface area contributed by atoms with E-state index in [0.29, 0.717) is 6.61 Å². The molecule has 0 spiro atoms. The van der Waals surface area contributed by atoms with E-state index in [-0.39, 0.29) is 5.97 Å². The Morgan fingerprint density at radius 3 is 2.05 bits per heavy atom. The van der Waals surface area contributed by atoms with E-state index in [1.807, 2.05) is 6.08 Å². The SMILES string of the molecule is CCC(C)=CCCC(C)=CCCC(=CCOC(C)=O)CC. The second kappa shape index (κ2) is 12.4. The molecule has 0 N–H and O–H groups in total. The minimum atomic E-state index is -0.215. The molecule has 0 aromatic rings. The first-order valence-electron chi connectivity index (χ1n) is 8.12. The van der Waals surface area contributed by atoms with Crippen LogP contribution in [-0.2, 0) is 9.53 Å². The second-order valence-electron chi connectivity index (χ2n) is 5.55. The van der Waals surface area contributed by atoms with Crippen molar-refractivity contribution in [3.63, 3.8) is 0 Å². The molecule has 0 fully saturated rings. The fourth-order valence-corrected chi connectivity index (χ4v) is 2.00. The van der Waals surface area contributed by atoms with E-state index in [1.54, 1.807) is 0 Å². The summed E-state index contributed by atoms with van der Waals surface area (Å²) in [5.74, 6) is -0.215. The van der Waals surface area contributed by atoms with Crippen molar-refractivity contribution in [1.82, 2.24) is 0 Å². The van der Waals surface area contributed by atoms with Gasteiger partial charge in [0.05, 0.1) is 0 Å². The zero-order valence-corrected chi connectivity index (χ0v) is 14.5. The normalized spacial score (nSPS) is 13.5. The zero-order valence-electron chi connectivity index (χ0n) is 14.5. The van der Waals surface area contributed by atoms with Gasteiger partial charge in [-0.15, -0.1) is 0 Å². The summed E-state index contributed by atoms with van der Waals surface area (Å²) in [7, 11) is 0. The lowest BCUT2D eigenvalue weighted by atomic mass is 10.0. The molecule has 0 amide bonds. The molecular weight excluding hydrogens is 260 g/mol. The van der Waals surface area contributed by atoms with E-state index in [4.69, 9.17) is 4.74 Å². The number of esters is 1. The van der Waals surface area contributed by atoms with Gasteiger partial charge >= 0.3 is 5.97 Å². The van der Waals surface area contributed by atoms with Crippen LogP contribution in [0.15, 0.2) is 34.9 Å². The molecule has 0 aromatic carbocycles. The molecule has 0 saturated heterocycles. The Bertz CT molecular complexity index is 386. The van der Waals surface area contributed by atoms with E-state index < -0.39 is 0 Å². The summed E-state index contributed by atoms with van der Waals surface area (Å²) in [5.41, 5.74) is 4.30. The van der Waals surface area contributed by atoms with Crippen LogP contribution in [0.5, 0.6) is 0 Å². The molecule has 0 heterocycles. The molecule has 0 rings (SSSR count).